The maximum absolute atomic E-state index is 12.7. The number of hydrogen-bond donors (Lipinski definition) is 1. The second-order valence-corrected chi connectivity index (χ2v) is 6.52. The number of nitrogens with zero attached hydrogens (tertiary/aromatic N) is 1. The fraction of sp³-hybridized carbons (Fsp3) is 0.238. The number of aliphatic carboxylic acids is 1. The number of aromatic nitrogens is 1. The maximum atomic E-state index is 12.7. The number of alkyl halides is 3. The number of benzene rings is 2. The largest absolute Gasteiger partial charge is 0.475 e. The van der Waals surface area contributed by atoms with Crippen LogP contribution in [0.2, 0.25) is 0 Å². The van der Waals surface area contributed by atoms with Crippen molar-refractivity contribution in [1.29, 1.82) is 0 Å². The molecule has 0 spiro atoms. The number of unbranched alkanes of at least 4 members (excludes halogenated alkanes) is 1. The van der Waals surface area contributed by atoms with Gasteiger partial charge in [0.15, 0.2) is 0 Å². The van der Waals surface area contributed by atoms with Crippen LogP contribution < -0.4 is 0 Å². The van der Waals surface area contributed by atoms with Gasteiger partial charge < -0.3 is 9.67 Å². The van der Waals surface area contributed by atoms with Crippen LogP contribution in [0.25, 0.3) is 22.0 Å². The Kier molecular flexibility index (Phi) is 5.27. The van der Waals surface area contributed by atoms with Gasteiger partial charge in [-0.2, -0.15) is 13.2 Å². The van der Waals surface area contributed by atoms with E-state index in [1.165, 1.54) is 18.2 Å². The molecule has 0 radical (unpaired) electrons. The van der Waals surface area contributed by atoms with Gasteiger partial charge in [0.05, 0.1) is 11.3 Å². The van der Waals surface area contributed by atoms with Gasteiger partial charge in [0, 0.05) is 17.4 Å². The van der Waals surface area contributed by atoms with Gasteiger partial charge >= 0.3 is 12.1 Å². The van der Waals surface area contributed by atoms with E-state index in [1.807, 2.05) is 6.92 Å². The fourth-order valence-electron chi connectivity index (χ4n) is 3.16. The van der Waals surface area contributed by atoms with Crippen molar-refractivity contribution in [2.45, 2.75) is 32.5 Å². The molecule has 3 rings (SSSR count). The van der Waals surface area contributed by atoms with Crippen molar-refractivity contribution in [1.82, 2.24) is 4.57 Å². The van der Waals surface area contributed by atoms with Crippen LogP contribution in [0.3, 0.4) is 0 Å². The summed E-state index contributed by atoms with van der Waals surface area (Å²) in [6.45, 7) is 2.50. The van der Waals surface area contributed by atoms with Crippen LogP contribution in [0.5, 0.6) is 0 Å². The monoisotopic (exact) mass is 389 g/mol. The molecule has 146 valence electrons. The standard InChI is InChI=1S/C21H18F3NO3/c1-2-3-10-25-17-9-6-14(11-15(17)12-18(25)19(26)20(27)28)13-4-7-16(8-5-13)21(22,23)24/h4-9,11-12H,2-3,10H2,1H3,(H,27,28). The smallest absolute Gasteiger partial charge is 0.416 e. The Bertz CT molecular complexity index is 1030. The lowest BCUT2D eigenvalue weighted by Crippen LogP contribution is -2.17. The summed E-state index contributed by atoms with van der Waals surface area (Å²) in [7, 11) is 0. The molecule has 7 heteroatoms. The minimum Gasteiger partial charge on any atom is -0.475 e. The third-order valence-electron chi connectivity index (χ3n) is 4.61. The molecule has 0 bridgehead atoms. The lowest BCUT2D eigenvalue weighted by Gasteiger charge is -2.09. The molecule has 2 aromatic carbocycles. The summed E-state index contributed by atoms with van der Waals surface area (Å²) in [6.07, 6.45) is -2.74. The van der Waals surface area contributed by atoms with Gasteiger partial charge in [-0.1, -0.05) is 31.5 Å². The van der Waals surface area contributed by atoms with Crippen LogP contribution in [-0.4, -0.2) is 21.4 Å². The average molecular weight is 389 g/mol. The molecular formula is C21H18F3NO3. The number of fused-ring (bicyclic) bond motifs is 1. The second-order valence-electron chi connectivity index (χ2n) is 6.52. The molecule has 4 nitrogen and oxygen atoms in total. The predicted molar refractivity (Wildman–Crippen MR) is 99.3 cm³/mol. The summed E-state index contributed by atoms with van der Waals surface area (Å²) < 4.78 is 39.9. The summed E-state index contributed by atoms with van der Waals surface area (Å²) in [4.78, 5) is 23.2. The van der Waals surface area contributed by atoms with Crippen molar-refractivity contribution in [3.63, 3.8) is 0 Å². The molecule has 3 aromatic rings. The maximum Gasteiger partial charge on any atom is 0.416 e. The number of hydrogen-bond acceptors (Lipinski definition) is 2. The van der Waals surface area contributed by atoms with Crippen molar-refractivity contribution in [2.24, 2.45) is 0 Å². The number of aryl methyl sites for hydroxylation is 1. The number of rotatable bonds is 6. The average Bonchev–Trinajstić information content (AvgIpc) is 3.02. The molecule has 28 heavy (non-hydrogen) atoms. The second kappa shape index (κ2) is 7.50. The molecule has 0 unspecified atom stereocenters. The molecule has 1 N–H and O–H groups in total. The number of carboxylic acids is 1. The topological polar surface area (TPSA) is 59.3 Å². The molecular weight excluding hydrogens is 371 g/mol. The Hall–Kier alpha value is -3.09. The normalized spacial score (nSPS) is 11.7. The van der Waals surface area contributed by atoms with E-state index in [4.69, 9.17) is 5.11 Å². The van der Waals surface area contributed by atoms with Gasteiger partial charge in [0.2, 0.25) is 0 Å². The summed E-state index contributed by atoms with van der Waals surface area (Å²) in [5.74, 6) is -2.51. The van der Waals surface area contributed by atoms with Gasteiger partial charge in [-0.15, -0.1) is 0 Å². The van der Waals surface area contributed by atoms with E-state index in [0.29, 0.717) is 28.6 Å². The van der Waals surface area contributed by atoms with E-state index in [2.05, 4.69) is 0 Å². The third-order valence-corrected chi connectivity index (χ3v) is 4.61. The molecule has 0 saturated carbocycles. The van der Waals surface area contributed by atoms with Gasteiger partial charge in [-0.3, -0.25) is 4.79 Å². The fourth-order valence-corrected chi connectivity index (χ4v) is 3.16. The Morgan fingerprint density at radius 3 is 2.21 bits per heavy atom. The van der Waals surface area contributed by atoms with Gasteiger partial charge in [0.25, 0.3) is 5.78 Å². The van der Waals surface area contributed by atoms with Crippen molar-refractivity contribution in [3.05, 3.63) is 59.8 Å². The summed E-state index contributed by atoms with van der Waals surface area (Å²) in [6, 6.07) is 11.6. The summed E-state index contributed by atoms with van der Waals surface area (Å²) in [5.41, 5.74) is 1.37. The quantitative estimate of drug-likeness (QED) is 0.454. The first-order valence-electron chi connectivity index (χ1n) is 8.81. The van der Waals surface area contributed by atoms with Crippen LogP contribution in [0.1, 0.15) is 35.8 Å². The molecule has 0 aliphatic carbocycles. The molecule has 0 saturated heterocycles. The third kappa shape index (κ3) is 3.78. The van der Waals surface area contributed by atoms with Crippen molar-refractivity contribution >= 4 is 22.7 Å². The lowest BCUT2D eigenvalue weighted by atomic mass is 10.0. The van der Waals surface area contributed by atoms with Crippen LogP contribution >= 0.6 is 0 Å². The van der Waals surface area contributed by atoms with Crippen molar-refractivity contribution in [2.75, 3.05) is 0 Å². The minimum atomic E-state index is -4.40. The minimum absolute atomic E-state index is 0.0977. The first-order valence-corrected chi connectivity index (χ1v) is 8.81. The van der Waals surface area contributed by atoms with E-state index in [1.54, 1.807) is 22.8 Å². The molecule has 0 aliphatic heterocycles. The number of halogens is 3. The zero-order chi connectivity index (χ0) is 20.5. The molecule has 0 aliphatic rings. The van der Waals surface area contributed by atoms with Crippen LogP contribution in [-0.2, 0) is 17.5 Å². The van der Waals surface area contributed by atoms with E-state index >= 15 is 0 Å². The highest BCUT2D eigenvalue weighted by molar-refractivity contribution is 6.39. The number of Topliss-reactive ketones (excluding diaryl/α,β-unsaturated/α-hetero) is 1. The SMILES string of the molecule is CCCCn1c(C(=O)C(=O)O)cc2cc(-c3ccc(C(F)(F)F)cc3)ccc21. The molecule has 1 heterocycles. The van der Waals surface area contributed by atoms with Gasteiger partial charge in [-0.05, 0) is 47.9 Å². The summed E-state index contributed by atoms with van der Waals surface area (Å²) >= 11 is 0. The van der Waals surface area contributed by atoms with E-state index in [0.717, 1.165) is 25.0 Å². The Morgan fingerprint density at radius 2 is 1.64 bits per heavy atom. The summed E-state index contributed by atoms with van der Waals surface area (Å²) in [5, 5.41) is 9.74. The number of carbonyl (C=O) groups excluding carboxylic acids is 1. The zero-order valence-corrected chi connectivity index (χ0v) is 15.1. The van der Waals surface area contributed by atoms with E-state index in [9.17, 15) is 22.8 Å². The lowest BCUT2D eigenvalue weighted by molar-refractivity contribution is -0.137. The number of carbonyl (C=O) groups is 2. The molecule has 0 atom stereocenters. The Labute approximate surface area is 159 Å². The highest BCUT2D eigenvalue weighted by Crippen LogP contribution is 2.32. The van der Waals surface area contributed by atoms with Gasteiger partial charge in [-0.25, -0.2) is 4.79 Å². The van der Waals surface area contributed by atoms with E-state index in [-0.39, 0.29) is 5.69 Å². The molecule has 0 amide bonds. The van der Waals surface area contributed by atoms with Crippen LogP contribution in [0, 0.1) is 0 Å². The van der Waals surface area contributed by atoms with Gasteiger partial charge in [0.1, 0.15) is 0 Å². The van der Waals surface area contributed by atoms with Crippen LogP contribution in [0.4, 0.5) is 13.2 Å². The Morgan fingerprint density at radius 1 is 1.00 bits per heavy atom. The Balaban J connectivity index is 2.06. The zero-order valence-electron chi connectivity index (χ0n) is 15.1. The number of ketones is 1. The number of carboxylic acid groups (broad SMARTS) is 1. The van der Waals surface area contributed by atoms with E-state index < -0.39 is 23.5 Å². The van der Waals surface area contributed by atoms with Crippen LogP contribution in [0.15, 0.2) is 48.5 Å². The molecule has 1 aromatic heterocycles. The first kappa shape index (κ1) is 19.7. The highest BCUT2D eigenvalue weighted by Gasteiger charge is 2.30. The highest BCUT2D eigenvalue weighted by atomic mass is 19.4. The first-order chi connectivity index (χ1) is 13.2. The van der Waals surface area contributed by atoms with Crippen molar-refractivity contribution in [3.8, 4) is 11.1 Å². The van der Waals surface area contributed by atoms with Crippen molar-refractivity contribution < 1.29 is 27.9 Å². The predicted octanol–water partition coefficient (Wildman–Crippen LogP) is 5.39. The molecule has 0 fully saturated rings.